The quantitative estimate of drug-likeness (QED) is 0.715. The fourth-order valence-electron chi connectivity index (χ4n) is 3.17. The Kier molecular flexibility index (Phi) is 4.33. The van der Waals surface area contributed by atoms with Crippen LogP contribution in [0.2, 0.25) is 0 Å². The number of aromatic amines is 1. The van der Waals surface area contributed by atoms with E-state index in [0.717, 1.165) is 27.6 Å². The normalized spacial score (nSPS) is 13.3. The van der Waals surface area contributed by atoms with E-state index in [1.165, 1.54) is 0 Å². The number of hydrogen-bond acceptors (Lipinski definition) is 3. The topological polar surface area (TPSA) is 82.7 Å². The molecule has 1 heterocycles. The third-order valence-electron chi connectivity index (χ3n) is 4.70. The summed E-state index contributed by atoms with van der Waals surface area (Å²) >= 11 is 0. The van der Waals surface area contributed by atoms with E-state index in [1.807, 2.05) is 62.4 Å². The van der Waals surface area contributed by atoms with E-state index in [0.29, 0.717) is 18.5 Å². The molecule has 0 aliphatic rings. The maximum Gasteiger partial charge on any atom is 0.251 e. The van der Waals surface area contributed by atoms with Gasteiger partial charge in [0.15, 0.2) is 0 Å². The molecule has 0 saturated carbocycles. The lowest BCUT2D eigenvalue weighted by atomic mass is 9.78. The van der Waals surface area contributed by atoms with Crippen LogP contribution in [0.5, 0.6) is 0 Å². The third kappa shape index (κ3) is 3.27. The highest BCUT2D eigenvalue weighted by atomic mass is 16.1. The fourth-order valence-corrected chi connectivity index (χ4v) is 3.17. The standard InChI is InChI=1S/C21H21N3O/c1-3-15-10-16-7-8-17(11-19(16)24-20(15)25)21(2,13-22)12-14-5-4-6-18(23)9-14/h4-11H,3,12,23H2,1-2H3,(H,24,25). The van der Waals surface area contributed by atoms with Gasteiger partial charge in [-0.15, -0.1) is 0 Å². The predicted molar refractivity (Wildman–Crippen MR) is 101 cm³/mol. The Bertz CT molecular complexity index is 1030. The van der Waals surface area contributed by atoms with Crippen LogP contribution in [0.25, 0.3) is 10.9 Å². The molecular weight excluding hydrogens is 310 g/mol. The summed E-state index contributed by atoms with van der Waals surface area (Å²) in [6.07, 6.45) is 1.25. The Morgan fingerprint density at radius 1 is 1.20 bits per heavy atom. The average molecular weight is 331 g/mol. The van der Waals surface area contributed by atoms with Crippen LogP contribution in [-0.2, 0) is 18.3 Å². The number of fused-ring (bicyclic) bond motifs is 1. The number of aromatic nitrogens is 1. The Hall–Kier alpha value is -3.06. The monoisotopic (exact) mass is 331 g/mol. The van der Waals surface area contributed by atoms with Crippen LogP contribution in [0.4, 0.5) is 5.69 Å². The lowest BCUT2D eigenvalue weighted by Crippen LogP contribution is -2.23. The van der Waals surface area contributed by atoms with Crippen molar-refractivity contribution in [1.82, 2.24) is 4.98 Å². The molecule has 4 nitrogen and oxygen atoms in total. The first-order valence-electron chi connectivity index (χ1n) is 8.37. The first-order chi connectivity index (χ1) is 11.9. The number of rotatable bonds is 4. The van der Waals surface area contributed by atoms with Gasteiger partial charge in [-0.2, -0.15) is 5.26 Å². The highest BCUT2D eigenvalue weighted by Gasteiger charge is 2.27. The molecule has 0 fully saturated rings. The Labute approximate surface area is 146 Å². The summed E-state index contributed by atoms with van der Waals surface area (Å²) < 4.78 is 0. The van der Waals surface area contributed by atoms with Crippen LogP contribution >= 0.6 is 0 Å². The Morgan fingerprint density at radius 2 is 2.00 bits per heavy atom. The van der Waals surface area contributed by atoms with Crippen molar-refractivity contribution >= 4 is 16.6 Å². The van der Waals surface area contributed by atoms with Crippen molar-refractivity contribution in [3.8, 4) is 6.07 Å². The SMILES string of the molecule is CCc1cc2ccc(C(C)(C#N)Cc3cccc(N)c3)cc2[nH]c1=O. The minimum absolute atomic E-state index is 0.0679. The number of hydrogen-bond donors (Lipinski definition) is 2. The number of pyridine rings is 1. The molecule has 25 heavy (non-hydrogen) atoms. The van der Waals surface area contributed by atoms with E-state index >= 15 is 0 Å². The van der Waals surface area contributed by atoms with Gasteiger partial charge in [-0.3, -0.25) is 4.79 Å². The summed E-state index contributed by atoms with van der Waals surface area (Å²) in [5.41, 5.74) is 9.18. The summed E-state index contributed by atoms with van der Waals surface area (Å²) in [4.78, 5) is 15.0. The Balaban J connectivity index is 2.06. The fraction of sp³-hybridized carbons (Fsp3) is 0.238. The van der Waals surface area contributed by atoms with Crippen molar-refractivity contribution in [2.45, 2.75) is 32.1 Å². The molecule has 0 spiro atoms. The number of benzene rings is 2. The van der Waals surface area contributed by atoms with Gasteiger partial charge in [0.05, 0.1) is 11.5 Å². The Morgan fingerprint density at radius 3 is 2.68 bits per heavy atom. The van der Waals surface area contributed by atoms with Crippen LogP contribution in [0.15, 0.2) is 53.3 Å². The number of nitrogens with zero attached hydrogens (tertiary/aromatic N) is 1. The van der Waals surface area contributed by atoms with Crippen LogP contribution in [0.1, 0.15) is 30.5 Å². The van der Waals surface area contributed by atoms with Crippen molar-refractivity contribution in [3.05, 3.63) is 75.6 Å². The molecule has 0 amide bonds. The number of nitrogen functional groups attached to an aromatic ring is 1. The summed E-state index contributed by atoms with van der Waals surface area (Å²) in [7, 11) is 0. The third-order valence-corrected chi connectivity index (χ3v) is 4.70. The largest absolute Gasteiger partial charge is 0.399 e. The molecule has 1 atom stereocenters. The number of nitrogens with one attached hydrogen (secondary N) is 1. The van der Waals surface area contributed by atoms with Crippen molar-refractivity contribution in [2.75, 3.05) is 5.73 Å². The smallest absolute Gasteiger partial charge is 0.251 e. The minimum Gasteiger partial charge on any atom is -0.399 e. The van der Waals surface area contributed by atoms with E-state index in [2.05, 4.69) is 11.1 Å². The van der Waals surface area contributed by atoms with E-state index < -0.39 is 5.41 Å². The van der Waals surface area contributed by atoms with Gasteiger partial charge in [-0.1, -0.05) is 31.2 Å². The van der Waals surface area contributed by atoms with E-state index in [9.17, 15) is 10.1 Å². The maximum atomic E-state index is 12.1. The number of nitrogens with two attached hydrogens (primary N) is 1. The summed E-state index contributed by atoms with van der Waals surface area (Å²) in [5, 5.41) is 10.8. The average Bonchev–Trinajstić information content (AvgIpc) is 2.60. The van der Waals surface area contributed by atoms with Gasteiger partial charge in [0.1, 0.15) is 0 Å². The van der Waals surface area contributed by atoms with Gasteiger partial charge < -0.3 is 10.7 Å². The van der Waals surface area contributed by atoms with Gasteiger partial charge in [-0.25, -0.2) is 0 Å². The van der Waals surface area contributed by atoms with E-state index in [4.69, 9.17) is 5.73 Å². The zero-order chi connectivity index (χ0) is 18.0. The summed E-state index contributed by atoms with van der Waals surface area (Å²) in [6, 6.07) is 17.8. The van der Waals surface area contributed by atoms with Gasteiger partial charge in [0.2, 0.25) is 0 Å². The second kappa shape index (κ2) is 6.45. The number of nitriles is 1. The van der Waals surface area contributed by atoms with Gasteiger partial charge in [0, 0.05) is 16.8 Å². The van der Waals surface area contributed by atoms with Crippen LogP contribution in [-0.4, -0.2) is 4.98 Å². The number of H-pyrrole nitrogens is 1. The molecular formula is C21H21N3O. The van der Waals surface area contributed by atoms with Gasteiger partial charge in [-0.05, 0) is 60.5 Å². The lowest BCUT2D eigenvalue weighted by molar-refractivity contribution is 0.607. The zero-order valence-corrected chi connectivity index (χ0v) is 14.5. The molecule has 0 radical (unpaired) electrons. The molecule has 3 aromatic rings. The molecule has 0 aliphatic carbocycles. The first-order valence-corrected chi connectivity index (χ1v) is 8.37. The highest BCUT2D eigenvalue weighted by molar-refractivity contribution is 5.80. The van der Waals surface area contributed by atoms with Crippen LogP contribution in [0.3, 0.4) is 0 Å². The molecule has 0 saturated heterocycles. The summed E-state index contributed by atoms with van der Waals surface area (Å²) in [5.74, 6) is 0. The van der Waals surface area contributed by atoms with E-state index in [1.54, 1.807) is 0 Å². The number of anilines is 1. The molecule has 126 valence electrons. The molecule has 4 heteroatoms. The van der Waals surface area contributed by atoms with Crippen LogP contribution in [0, 0.1) is 11.3 Å². The number of aryl methyl sites for hydroxylation is 1. The summed E-state index contributed by atoms with van der Waals surface area (Å²) in [6.45, 7) is 3.87. The van der Waals surface area contributed by atoms with Gasteiger partial charge in [0.25, 0.3) is 5.56 Å². The van der Waals surface area contributed by atoms with Gasteiger partial charge >= 0.3 is 0 Å². The van der Waals surface area contributed by atoms with Crippen LogP contribution < -0.4 is 11.3 Å². The minimum atomic E-state index is -0.706. The maximum absolute atomic E-state index is 12.1. The highest BCUT2D eigenvalue weighted by Crippen LogP contribution is 2.30. The molecule has 1 aromatic heterocycles. The molecule has 0 aliphatic heterocycles. The van der Waals surface area contributed by atoms with Crippen molar-refractivity contribution in [2.24, 2.45) is 0 Å². The molecule has 1 unspecified atom stereocenters. The van der Waals surface area contributed by atoms with Crippen molar-refractivity contribution in [1.29, 1.82) is 5.26 Å². The predicted octanol–water partition coefficient (Wildman–Crippen LogP) is 3.70. The zero-order valence-electron chi connectivity index (χ0n) is 14.5. The van der Waals surface area contributed by atoms with Crippen molar-refractivity contribution in [3.63, 3.8) is 0 Å². The second-order valence-corrected chi connectivity index (χ2v) is 6.65. The lowest BCUT2D eigenvalue weighted by Gasteiger charge is -2.23. The molecule has 3 rings (SSSR count). The molecule has 2 aromatic carbocycles. The van der Waals surface area contributed by atoms with E-state index in [-0.39, 0.29) is 5.56 Å². The second-order valence-electron chi connectivity index (χ2n) is 6.65. The molecule has 3 N–H and O–H groups in total. The first kappa shape index (κ1) is 16.8. The molecule has 0 bridgehead atoms. The van der Waals surface area contributed by atoms with Crippen molar-refractivity contribution < 1.29 is 0 Å².